The fraction of sp³-hybridized carbons (Fsp3) is 0.0714. The molecule has 0 saturated carbocycles. The number of rotatable bonds is 5. The number of halogens is 1. The normalized spacial score (nSPS) is 10.7. The van der Waals surface area contributed by atoms with Crippen LogP contribution in [0, 0.1) is 0 Å². The van der Waals surface area contributed by atoms with Crippen molar-refractivity contribution >= 4 is 35.5 Å². The van der Waals surface area contributed by atoms with Crippen LogP contribution in [0.15, 0.2) is 58.8 Å². The third kappa shape index (κ3) is 5.03. The van der Waals surface area contributed by atoms with Gasteiger partial charge in [-0.15, -0.1) is 0 Å². The van der Waals surface area contributed by atoms with Crippen LogP contribution in [-0.4, -0.2) is 22.9 Å². The Morgan fingerprint density at radius 3 is 2.80 bits per heavy atom. The van der Waals surface area contributed by atoms with Crippen molar-refractivity contribution in [2.75, 3.05) is 5.75 Å². The van der Waals surface area contributed by atoms with E-state index in [0.717, 1.165) is 10.6 Å². The Balaban J connectivity index is 1.76. The van der Waals surface area contributed by atoms with E-state index in [-0.39, 0.29) is 11.7 Å². The largest absolute Gasteiger partial charge is 0.272 e. The van der Waals surface area contributed by atoms with Crippen LogP contribution in [0.1, 0.15) is 5.56 Å². The summed E-state index contributed by atoms with van der Waals surface area (Å²) in [6.07, 6.45) is 3.26. The number of nitrogens with zero attached hydrogens (tertiary/aromatic N) is 2. The molecular formula is C14H12ClN3OS. The third-order valence-electron chi connectivity index (χ3n) is 2.26. The molecule has 20 heavy (non-hydrogen) atoms. The van der Waals surface area contributed by atoms with Crippen molar-refractivity contribution in [2.24, 2.45) is 5.10 Å². The Morgan fingerprint density at radius 1 is 1.30 bits per heavy atom. The zero-order chi connectivity index (χ0) is 14.2. The lowest BCUT2D eigenvalue weighted by molar-refractivity contribution is -0.118. The summed E-state index contributed by atoms with van der Waals surface area (Å²) in [6.45, 7) is 0. The van der Waals surface area contributed by atoms with E-state index in [9.17, 15) is 4.79 Å². The van der Waals surface area contributed by atoms with Crippen LogP contribution in [0.5, 0.6) is 0 Å². The lowest BCUT2D eigenvalue weighted by Gasteiger charge is -1.99. The molecule has 0 aliphatic carbocycles. The van der Waals surface area contributed by atoms with Crippen LogP contribution in [0.4, 0.5) is 0 Å². The predicted octanol–water partition coefficient (Wildman–Crippen LogP) is 2.98. The molecule has 0 unspecified atom stereocenters. The smallest absolute Gasteiger partial charge is 0.250 e. The number of amides is 1. The molecule has 0 radical (unpaired) electrons. The molecule has 0 aliphatic rings. The highest BCUT2D eigenvalue weighted by atomic mass is 35.5. The maximum absolute atomic E-state index is 11.6. The summed E-state index contributed by atoms with van der Waals surface area (Å²) in [5, 5.41) is 5.36. The number of hydrogen-bond donors (Lipinski definition) is 1. The molecule has 1 heterocycles. The molecule has 4 nitrogen and oxygen atoms in total. The first kappa shape index (κ1) is 14.6. The van der Waals surface area contributed by atoms with Crippen molar-refractivity contribution < 1.29 is 4.79 Å². The topological polar surface area (TPSA) is 54.4 Å². The molecule has 0 fully saturated rings. The SMILES string of the molecule is O=C(CSc1ccccn1)N/N=C/c1ccc(Cl)cc1. The first-order valence-corrected chi connectivity index (χ1v) is 7.22. The molecule has 6 heteroatoms. The van der Waals surface area contributed by atoms with Gasteiger partial charge in [0.05, 0.1) is 17.0 Å². The number of benzene rings is 1. The van der Waals surface area contributed by atoms with E-state index in [1.807, 2.05) is 30.3 Å². The second kappa shape index (κ2) is 7.67. The van der Waals surface area contributed by atoms with Crippen LogP contribution in [0.3, 0.4) is 0 Å². The van der Waals surface area contributed by atoms with Gasteiger partial charge in [-0.25, -0.2) is 10.4 Å². The highest BCUT2D eigenvalue weighted by molar-refractivity contribution is 7.99. The molecule has 2 rings (SSSR count). The molecule has 1 aromatic carbocycles. The zero-order valence-electron chi connectivity index (χ0n) is 10.5. The van der Waals surface area contributed by atoms with Crippen LogP contribution >= 0.6 is 23.4 Å². The molecule has 0 atom stereocenters. The minimum atomic E-state index is -0.175. The third-order valence-corrected chi connectivity index (χ3v) is 3.46. The summed E-state index contributed by atoms with van der Waals surface area (Å²) < 4.78 is 0. The van der Waals surface area contributed by atoms with Gasteiger partial charge >= 0.3 is 0 Å². The van der Waals surface area contributed by atoms with Crippen LogP contribution in [0.2, 0.25) is 5.02 Å². The van der Waals surface area contributed by atoms with Gasteiger partial charge in [0.1, 0.15) is 0 Å². The van der Waals surface area contributed by atoms with E-state index < -0.39 is 0 Å². The summed E-state index contributed by atoms with van der Waals surface area (Å²) in [4.78, 5) is 15.7. The number of aromatic nitrogens is 1. The number of hydrogen-bond acceptors (Lipinski definition) is 4. The molecule has 0 saturated heterocycles. The number of pyridine rings is 1. The molecule has 1 amide bonds. The quantitative estimate of drug-likeness (QED) is 0.525. The summed E-state index contributed by atoms with van der Waals surface area (Å²) >= 11 is 7.13. The molecule has 0 aliphatic heterocycles. The summed E-state index contributed by atoms with van der Waals surface area (Å²) in [7, 11) is 0. The van der Waals surface area contributed by atoms with Crippen molar-refractivity contribution in [2.45, 2.75) is 5.03 Å². The zero-order valence-corrected chi connectivity index (χ0v) is 12.1. The Hall–Kier alpha value is -1.85. The fourth-order valence-electron chi connectivity index (χ4n) is 1.33. The fourth-order valence-corrected chi connectivity index (χ4v) is 2.11. The van der Waals surface area contributed by atoms with Gasteiger partial charge in [-0.05, 0) is 29.8 Å². The maximum Gasteiger partial charge on any atom is 0.250 e. The van der Waals surface area contributed by atoms with Gasteiger partial charge in [-0.1, -0.05) is 41.6 Å². The number of carbonyl (C=O) groups excluding carboxylic acids is 1. The molecule has 1 N–H and O–H groups in total. The number of carbonyl (C=O) groups is 1. The second-order valence-corrected chi connectivity index (χ2v) is 5.23. The molecule has 2 aromatic rings. The monoisotopic (exact) mass is 305 g/mol. The number of nitrogens with one attached hydrogen (secondary N) is 1. The first-order chi connectivity index (χ1) is 9.74. The lowest BCUT2D eigenvalue weighted by Crippen LogP contribution is -2.19. The number of thioether (sulfide) groups is 1. The Morgan fingerprint density at radius 2 is 2.10 bits per heavy atom. The molecule has 0 spiro atoms. The average Bonchev–Trinajstić information content (AvgIpc) is 2.48. The molecule has 1 aromatic heterocycles. The maximum atomic E-state index is 11.6. The van der Waals surface area contributed by atoms with Gasteiger partial charge in [-0.3, -0.25) is 4.79 Å². The summed E-state index contributed by atoms with van der Waals surface area (Å²) in [6, 6.07) is 12.7. The average molecular weight is 306 g/mol. The van der Waals surface area contributed by atoms with Gasteiger partial charge in [0.15, 0.2) is 0 Å². The van der Waals surface area contributed by atoms with Gasteiger partial charge in [-0.2, -0.15) is 5.10 Å². The minimum Gasteiger partial charge on any atom is -0.272 e. The highest BCUT2D eigenvalue weighted by Crippen LogP contribution is 2.13. The molecule has 102 valence electrons. The molecule has 0 bridgehead atoms. The second-order valence-electron chi connectivity index (χ2n) is 3.80. The van der Waals surface area contributed by atoms with Gasteiger partial charge in [0.2, 0.25) is 5.91 Å². The lowest BCUT2D eigenvalue weighted by atomic mass is 10.2. The van der Waals surface area contributed by atoms with Crippen LogP contribution in [0.25, 0.3) is 0 Å². The first-order valence-electron chi connectivity index (χ1n) is 5.85. The van der Waals surface area contributed by atoms with E-state index in [0.29, 0.717) is 5.02 Å². The van der Waals surface area contributed by atoms with Crippen molar-refractivity contribution in [1.29, 1.82) is 0 Å². The highest BCUT2D eigenvalue weighted by Gasteiger charge is 2.01. The van der Waals surface area contributed by atoms with Crippen LogP contribution in [-0.2, 0) is 4.79 Å². The number of hydrazone groups is 1. The predicted molar refractivity (Wildman–Crippen MR) is 82.1 cm³/mol. The van der Waals surface area contributed by atoms with Crippen molar-refractivity contribution in [3.63, 3.8) is 0 Å². The summed E-state index contributed by atoms with van der Waals surface area (Å²) in [5.74, 6) is 0.0977. The van der Waals surface area contributed by atoms with E-state index in [1.54, 1.807) is 24.5 Å². The van der Waals surface area contributed by atoms with E-state index in [2.05, 4.69) is 15.5 Å². The summed E-state index contributed by atoms with van der Waals surface area (Å²) in [5.41, 5.74) is 3.33. The van der Waals surface area contributed by atoms with Gasteiger partial charge in [0, 0.05) is 11.2 Å². The van der Waals surface area contributed by atoms with Crippen molar-refractivity contribution in [3.8, 4) is 0 Å². The van der Waals surface area contributed by atoms with E-state index in [4.69, 9.17) is 11.6 Å². The standard InChI is InChI=1S/C14H12ClN3OS/c15-12-6-4-11(5-7-12)9-17-18-13(19)10-20-14-3-1-2-8-16-14/h1-9H,10H2,(H,18,19)/b17-9+. The minimum absolute atomic E-state index is 0.175. The molecular weight excluding hydrogens is 294 g/mol. The van der Waals surface area contributed by atoms with Crippen LogP contribution < -0.4 is 5.43 Å². The Kier molecular flexibility index (Phi) is 5.58. The van der Waals surface area contributed by atoms with E-state index in [1.165, 1.54) is 11.8 Å². The van der Waals surface area contributed by atoms with Crippen molar-refractivity contribution in [3.05, 3.63) is 59.2 Å². The van der Waals surface area contributed by atoms with E-state index >= 15 is 0 Å². The Labute approximate surface area is 126 Å². The van der Waals surface area contributed by atoms with Gasteiger partial charge < -0.3 is 0 Å². The van der Waals surface area contributed by atoms with Crippen molar-refractivity contribution in [1.82, 2.24) is 10.4 Å². The van der Waals surface area contributed by atoms with Gasteiger partial charge in [0.25, 0.3) is 0 Å². The Bertz CT molecular complexity index is 587.